The van der Waals surface area contributed by atoms with Gasteiger partial charge in [-0.05, 0) is 125 Å². The Morgan fingerprint density at radius 2 is 0.623 bits per heavy atom. The molecule has 0 spiro atoms. The van der Waals surface area contributed by atoms with Gasteiger partial charge in [-0.15, -0.1) is 0 Å². The Morgan fingerprint density at radius 1 is 0.262 bits per heavy atom. The highest BCUT2D eigenvalue weighted by Gasteiger charge is 2.44. The van der Waals surface area contributed by atoms with Crippen LogP contribution in [0.5, 0.6) is 0 Å². The van der Waals surface area contributed by atoms with Crippen molar-refractivity contribution in [2.75, 3.05) is 4.90 Å². The third kappa shape index (κ3) is 5.99. The smallest absolute Gasteiger partial charge is 0.0468 e. The van der Waals surface area contributed by atoms with Crippen molar-refractivity contribution in [1.29, 1.82) is 0 Å². The Morgan fingerprint density at radius 3 is 1.11 bits per heavy atom. The van der Waals surface area contributed by atoms with Crippen molar-refractivity contribution in [3.8, 4) is 66.8 Å². The predicted molar refractivity (Wildman–Crippen MR) is 258 cm³/mol. The van der Waals surface area contributed by atoms with Crippen molar-refractivity contribution in [1.82, 2.24) is 0 Å². The second-order valence-electron chi connectivity index (χ2n) is 17.7. The monoisotopic (exact) mass is 781 g/mol. The van der Waals surface area contributed by atoms with Crippen LogP contribution in [-0.2, 0) is 10.8 Å². The van der Waals surface area contributed by atoms with Crippen LogP contribution < -0.4 is 4.90 Å². The molecule has 0 bridgehead atoms. The summed E-state index contributed by atoms with van der Waals surface area (Å²) < 4.78 is 0. The van der Waals surface area contributed by atoms with Gasteiger partial charge in [0.2, 0.25) is 0 Å². The Kier molecular flexibility index (Phi) is 8.58. The van der Waals surface area contributed by atoms with Gasteiger partial charge in [0.25, 0.3) is 0 Å². The topological polar surface area (TPSA) is 3.24 Å². The molecule has 2 aliphatic carbocycles. The Bertz CT molecular complexity index is 3070. The van der Waals surface area contributed by atoms with Gasteiger partial charge in [0.15, 0.2) is 0 Å². The van der Waals surface area contributed by atoms with Crippen molar-refractivity contribution in [2.24, 2.45) is 0 Å². The van der Waals surface area contributed by atoms with Crippen molar-refractivity contribution in [3.63, 3.8) is 0 Å². The van der Waals surface area contributed by atoms with Crippen molar-refractivity contribution < 1.29 is 0 Å². The van der Waals surface area contributed by atoms with E-state index in [4.69, 9.17) is 0 Å². The van der Waals surface area contributed by atoms with Crippen LogP contribution in [0.15, 0.2) is 212 Å². The lowest BCUT2D eigenvalue weighted by molar-refractivity contribution is 0.639. The molecule has 2 aliphatic rings. The van der Waals surface area contributed by atoms with Crippen LogP contribution >= 0.6 is 0 Å². The average Bonchev–Trinajstić information content (AvgIpc) is 3.69. The van der Waals surface area contributed by atoms with Crippen molar-refractivity contribution >= 4 is 17.1 Å². The van der Waals surface area contributed by atoms with Crippen molar-refractivity contribution in [3.05, 3.63) is 235 Å². The molecule has 0 saturated carbocycles. The average molecular weight is 782 g/mol. The van der Waals surface area contributed by atoms with Gasteiger partial charge in [-0.2, -0.15) is 0 Å². The molecule has 11 rings (SSSR count). The molecular weight excluding hydrogens is 735 g/mol. The molecule has 0 atom stereocenters. The first-order valence-electron chi connectivity index (χ1n) is 21.5. The normalized spacial score (nSPS) is 13.8. The SMILES string of the molecule is CC1(C)c2ccccc2-c2c1cc1c(c2-c2ccccc2)-c2cc(N(c3ccc(-c4ccccc4)cc3)c3ccc(-c4ccc(-c5ccccc5)cc4)cc3)ccc2C1(C)C. The second kappa shape index (κ2) is 14.2. The summed E-state index contributed by atoms with van der Waals surface area (Å²) in [4.78, 5) is 2.43. The van der Waals surface area contributed by atoms with Crippen LogP contribution in [0.4, 0.5) is 17.1 Å². The minimum absolute atomic E-state index is 0.112. The number of benzene rings is 9. The summed E-state index contributed by atoms with van der Waals surface area (Å²) in [7, 11) is 0. The summed E-state index contributed by atoms with van der Waals surface area (Å²) in [5.74, 6) is 0. The van der Waals surface area contributed by atoms with E-state index in [0.717, 1.165) is 17.1 Å². The van der Waals surface area contributed by atoms with E-state index in [9.17, 15) is 0 Å². The van der Waals surface area contributed by atoms with Gasteiger partial charge >= 0.3 is 0 Å². The molecule has 0 fully saturated rings. The van der Waals surface area contributed by atoms with Gasteiger partial charge in [-0.25, -0.2) is 0 Å². The van der Waals surface area contributed by atoms with E-state index in [1.165, 1.54) is 89.0 Å². The molecule has 0 unspecified atom stereocenters. The first-order chi connectivity index (χ1) is 29.8. The largest absolute Gasteiger partial charge is 0.310 e. The molecule has 1 heteroatoms. The number of hydrogen-bond acceptors (Lipinski definition) is 1. The standard InChI is InChI=1S/C60H47N/c1-59(2)52-23-15-14-22-50(52)57-54(59)39-55-58(56(57)46-20-12-7-13-21-46)51-38-49(36-37-53(51)60(55,3)4)61(47-32-28-44(29-33-47)41-18-10-6-11-19-41)48-34-30-45(31-35-48)43-26-24-42(25-27-43)40-16-8-5-9-17-40/h5-39H,1-4H3. The third-order valence-electron chi connectivity index (χ3n) is 13.5. The summed E-state index contributed by atoms with van der Waals surface area (Å²) in [6.45, 7) is 9.63. The molecule has 0 radical (unpaired) electrons. The maximum absolute atomic E-state index is 2.56. The number of anilines is 3. The summed E-state index contributed by atoms with van der Waals surface area (Å²) >= 11 is 0. The van der Waals surface area contributed by atoms with Gasteiger partial charge in [0.05, 0.1) is 0 Å². The van der Waals surface area contributed by atoms with Crippen LogP contribution in [0.25, 0.3) is 66.8 Å². The highest BCUT2D eigenvalue weighted by Crippen LogP contribution is 2.61. The predicted octanol–water partition coefficient (Wildman–Crippen LogP) is 16.4. The Hall–Kier alpha value is -7.22. The first-order valence-corrected chi connectivity index (χ1v) is 21.5. The molecule has 0 saturated heterocycles. The number of fused-ring (bicyclic) bond motifs is 6. The van der Waals surface area contributed by atoms with E-state index in [0.29, 0.717) is 0 Å². The summed E-state index contributed by atoms with van der Waals surface area (Å²) in [6.07, 6.45) is 0. The minimum atomic E-state index is -0.188. The minimum Gasteiger partial charge on any atom is -0.310 e. The highest BCUT2D eigenvalue weighted by molar-refractivity contribution is 6.04. The van der Waals surface area contributed by atoms with Gasteiger partial charge in [0.1, 0.15) is 0 Å². The zero-order valence-electron chi connectivity index (χ0n) is 35.2. The zero-order chi connectivity index (χ0) is 41.3. The number of hydrogen-bond donors (Lipinski definition) is 0. The quantitative estimate of drug-likeness (QED) is 0.156. The van der Waals surface area contributed by atoms with Crippen molar-refractivity contribution in [2.45, 2.75) is 38.5 Å². The van der Waals surface area contributed by atoms with Crippen LogP contribution in [0.1, 0.15) is 49.9 Å². The van der Waals surface area contributed by atoms with E-state index in [1.807, 2.05) is 0 Å². The number of nitrogens with zero attached hydrogens (tertiary/aromatic N) is 1. The molecule has 61 heavy (non-hydrogen) atoms. The lowest BCUT2D eigenvalue weighted by atomic mass is 9.76. The van der Waals surface area contributed by atoms with Gasteiger partial charge < -0.3 is 4.90 Å². The Balaban J connectivity index is 1.08. The van der Waals surface area contributed by atoms with Crippen LogP contribution in [0.2, 0.25) is 0 Å². The molecule has 292 valence electrons. The first kappa shape index (κ1) is 36.8. The van der Waals surface area contributed by atoms with E-state index >= 15 is 0 Å². The van der Waals surface area contributed by atoms with Crippen LogP contribution in [-0.4, -0.2) is 0 Å². The van der Waals surface area contributed by atoms with E-state index < -0.39 is 0 Å². The molecule has 0 amide bonds. The third-order valence-corrected chi connectivity index (χ3v) is 13.5. The molecule has 0 aromatic heterocycles. The molecule has 0 N–H and O–H groups in total. The number of rotatable bonds is 7. The van der Waals surface area contributed by atoms with Crippen LogP contribution in [0, 0.1) is 0 Å². The van der Waals surface area contributed by atoms with Crippen LogP contribution in [0.3, 0.4) is 0 Å². The summed E-state index contributed by atoms with van der Waals surface area (Å²) in [6, 6.07) is 78.2. The summed E-state index contributed by atoms with van der Waals surface area (Å²) in [5, 5.41) is 0. The molecule has 9 aromatic rings. The van der Waals surface area contributed by atoms with Gasteiger partial charge in [-0.3, -0.25) is 0 Å². The highest BCUT2D eigenvalue weighted by atomic mass is 15.1. The van der Waals surface area contributed by atoms with E-state index in [1.54, 1.807) is 0 Å². The zero-order valence-corrected chi connectivity index (χ0v) is 35.2. The molecule has 1 nitrogen and oxygen atoms in total. The fourth-order valence-electron chi connectivity index (χ4n) is 10.3. The molecule has 9 aromatic carbocycles. The maximum Gasteiger partial charge on any atom is 0.0468 e. The molecule has 0 heterocycles. The molecule has 0 aliphatic heterocycles. The lowest BCUT2D eigenvalue weighted by Crippen LogP contribution is -2.19. The van der Waals surface area contributed by atoms with E-state index in [2.05, 4.69) is 245 Å². The fraction of sp³-hybridized carbons (Fsp3) is 0.100. The fourth-order valence-corrected chi connectivity index (χ4v) is 10.3. The summed E-state index contributed by atoms with van der Waals surface area (Å²) in [5.41, 5.74) is 23.9. The molecular formula is C60H47N. The second-order valence-corrected chi connectivity index (χ2v) is 17.7. The lowest BCUT2D eigenvalue weighted by Gasteiger charge is -2.28. The van der Waals surface area contributed by atoms with Gasteiger partial charge in [-0.1, -0.05) is 204 Å². The van der Waals surface area contributed by atoms with E-state index in [-0.39, 0.29) is 10.8 Å². The maximum atomic E-state index is 2.56. The van der Waals surface area contributed by atoms with Gasteiger partial charge in [0, 0.05) is 27.9 Å². The Labute approximate surface area is 360 Å².